The van der Waals surface area contributed by atoms with Gasteiger partial charge in [-0.05, 0) is 0 Å². The van der Waals surface area contributed by atoms with E-state index in [-0.39, 0.29) is 0 Å². The number of benzene rings is 1. The normalized spacial score (nSPS) is 10.9. The molecule has 3 rings (SSSR count). The van der Waals surface area contributed by atoms with E-state index in [0.29, 0.717) is 0 Å². The molecule has 0 unspecified atom stereocenters. The third-order valence-corrected chi connectivity index (χ3v) is 2.17. The van der Waals surface area contributed by atoms with Gasteiger partial charge < -0.3 is 0 Å². The largest absolute Gasteiger partial charge is 0.244 e. The zero-order valence-corrected chi connectivity index (χ0v) is 7.36. The molecule has 0 aliphatic rings. The summed E-state index contributed by atoms with van der Waals surface area (Å²) in [5.74, 6) is 0. The quantitative estimate of drug-likeness (QED) is 0.475. The average molecular weight is 184 g/mol. The fourth-order valence-corrected chi connectivity index (χ4v) is 1.51. The number of hydrogen-bond acceptors (Lipinski definition) is 2. The first-order valence-corrected chi connectivity index (χ1v) is 4.36. The van der Waals surface area contributed by atoms with Gasteiger partial charge in [0.25, 0.3) is 0 Å². The molecule has 0 aliphatic carbocycles. The minimum Gasteiger partial charge on any atom is -0.244 e. The Hall–Kier alpha value is -2.10. The fraction of sp³-hybridized carbons (Fsp3) is 0. The van der Waals surface area contributed by atoms with Gasteiger partial charge in [-0.2, -0.15) is 0 Å². The summed E-state index contributed by atoms with van der Waals surface area (Å²) in [5, 5.41) is 0. The highest BCUT2D eigenvalue weighted by Gasteiger charge is 2.07. The van der Waals surface area contributed by atoms with E-state index >= 15 is 0 Å². The minimum atomic E-state index is 0.923. The Kier molecular flexibility index (Phi) is 1.41. The van der Waals surface area contributed by atoms with Crippen molar-refractivity contribution in [2.75, 3.05) is 0 Å². The number of hydrogen-bond donors (Lipinski definition) is 0. The van der Waals surface area contributed by atoms with Crippen LogP contribution >= 0.6 is 0 Å². The number of fused-ring (bicyclic) bond motifs is 2. The number of nitrogens with zero attached hydrogens (tertiary/aromatic N) is 2. The molecule has 4 nitrogen and oxygen atoms in total. The van der Waals surface area contributed by atoms with Crippen LogP contribution in [-0.4, -0.2) is 9.97 Å². The van der Waals surface area contributed by atoms with Gasteiger partial charge in [0.2, 0.25) is 11.0 Å². The molecule has 1 aromatic carbocycles. The fourth-order valence-electron chi connectivity index (χ4n) is 1.51. The maximum absolute atomic E-state index is 4.25. The van der Waals surface area contributed by atoms with E-state index in [4.69, 9.17) is 0 Å². The summed E-state index contributed by atoms with van der Waals surface area (Å²) >= 11 is 0. The van der Waals surface area contributed by atoms with Crippen molar-refractivity contribution in [3.05, 3.63) is 36.9 Å². The molecule has 0 saturated heterocycles. The second-order valence-electron chi connectivity index (χ2n) is 3.06. The Morgan fingerprint density at radius 3 is 1.93 bits per heavy atom. The number of rotatable bonds is 0. The zero-order chi connectivity index (χ0) is 9.38. The summed E-state index contributed by atoms with van der Waals surface area (Å²) < 4.78 is 0. The van der Waals surface area contributed by atoms with E-state index in [1.807, 2.05) is 24.5 Å². The molecule has 2 aromatic heterocycles. The van der Waals surface area contributed by atoms with E-state index in [9.17, 15) is 0 Å². The lowest BCUT2D eigenvalue weighted by atomic mass is 10.2. The van der Waals surface area contributed by atoms with Crippen molar-refractivity contribution in [2.45, 2.75) is 0 Å². The van der Waals surface area contributed by atoms with Crippen LogP contribution in [0.5, 0.6) is 0 Å². The summed E-state index contributed by atoms with van der Waals surface area (Å²) in [6, 6.07) is 3.96. The van der Waals surface area contributed by atoms with E-state index in [2.05, 4.69) is 19.9 Å². The number of nitrogens with one attached hydrogen (secondary N) is 2. The van der Waals surface area contributed by atoms with Crippen molar-refractivity contribution in [1.29, 1.82) is 0 Å². The van der Waals surface area contributed by atoms with Crippen LogP contribution in [0.2, 0.25) is 0 Å². The maximum atomic E-state index is 4.25. The number of aromatic amines is 2. The molecule has 2 N–H and O–H groups in total. The van der Waals surface area contributed by atoms with E-state index in [1.165, 1.54) is 0 Å². The van der Waals surface area contributed by atoms with Crippen LogP contribution < -0.4 is 9.97 Å². The molecule has 0 fully saturated rings. The second-order valence-corrected chi connectivity index (χ2v) is 3.06. The summed E-state index contributed by atoms with van der Waals surface area (Å²) in [5.41, 5.74) is 3.85. The predicted octanol–water partition coefficient (Wildman–Crippen LogP) is 0.411. The van der Waals surface area contributed by atoms with Crippen molar-refractivity contribution < 1.29 is 9.97 Å². The minimum absolute atomic E-state index is 0.923. The Labute approximate surface area is 79.7 Å². The molecule has 4 heteroatoms. The van der Waals surface area contributed by atoms with Crippen molar-refractivity contribution in [2.24, 2.45) is 0 Å². The van der Waals surface area contributed by atoms with Crippen molar-refractivity contribution in [3.8, 4) is 0 Å². The third kappa shape index (κ3) is 1.01. The molecule has 66 valence electrons. The zero-order valence-electron chi connectivity index (χ0n) is 7.36. The van der Waals surface area contributed by atoms with E-state index in [1.54, 1.807) is 12.4 Å². The van der Waals surface area contributed by atoms with Crippen molar-refractivity contribution >= 4 is 22.1 Å². The lowest BCUT2D eigenvalue weighted by Crippen LogP contribution is -2.07. The van der Waals surface area contributed by atoms with Crippen LogP contribution in [0.4, 0.5) is 0 Å². The van der Waals surface area contributed by atoms with Gasteiger partial charge >= 0.3 is 0 Å². The Bertz CT molecular complexity index is 501. The van der Waals surface area contributed by atoms with Gasteiger partial charge in [0.1, 0.15) is 11.0 Å². The Morgan fingerprint density at radius 1 is 0.786 bits per heavy atom. The van der Waals surface area contributed by atoms with Gasteiger partial charge in [-0.3, -0.25) is 0 Å². The summed E-state index contributed by atoms with van der Waals surface area (Å²) in [6.07, 6.45) is 7.09. The highest BCUT2D eigenvalue weighted by molar-refractivity contribution is 5.86. The Morgan fingerprint density at radius 2 is 1.36 bits per heavy atom. The molecule has 0 amide bonds. The molecule has 0 radical (unpaired) electrons. The lowest BCUT2D eigenvalue weighted by molar-refractivity contribution is -0.350. The average Bonchev–Trinajstić information content (AvgIpc) is 2.26. The Balaban J connectivity index is 2.52. The molecule has 0 atom stereocenters. The third-order valence-electron chi connectivity index (χ3n) is 2.17. The van der Waals surface area contributed by atoms with Crippen molar-refractivity contribution in [3.63, 3.8) is 0 Å². The summed E-state index contributed by atoms with van der Waals surface area (Å²) in [6.45, 7) is 0. The highest BCUT2D eigenvalue weighted by Crippen LogP contribution is 2.11. The van der Waals surface area contributed by atoms with Crippen LogP contribution in [0.3, 0.4) is 0 Å². The number of aromatic nitrogens is 4. The van der Waals surface area contributed by atoms with E-state index < -0.39 is 0 Å². The molecular weight excluding hydrogens is 176 g/mol. The van der Waals surface area contributed by atoms with Gasteiger partial charge in [0.05, 0.1) is 18.5 Å². The molecule has 0 aliphatic heterocycles. The summed E-state index contributed by atoms with van der Waals surface area (Å²) in [7, 11) is 0. The van der Waals surface area contributed by atoms with Gasteiger partial charge in [-0.1, -0.05) is 0 Å². The molecular formula is C10H8N4+2. The predicted molar refractivity (Wildman–Crippen MR) is 50.2 cm³/mol. The number of H-pyrrole nitrogens is 2. The first kappa shape index (κ1) is 7.32. The monoisotopic (exact) mass is 184 g/mol. The van der Waals surface area contributed by atoms with Crippen LogP contribution in [0.1, 0.15) is 0 Å². The van der Waals surface area contributed by atoms with Crippen LogP contribution in [0, 0.1) is 0 Å². The van der Waals surface area contributed by atoms with Gasteiger partial charge in [-0.15, -0.1) is 0 Å². The molecule has 3 aromatic rings. The van der Waals surface area contributed by atoms with Crippen molar-refractivity contribution in [1.82, 2.24) is 9.97 Å². The van der Waals surface area contributed by atoms with Gasteiger partial charge in [-0.25, -0.2) is 19.9 Å². The second kappa shape index (κ2) is 2.70. The SMILES string of the molecule is c1c[nH+]c2cc3[nH+]ccnc3cc2n1. The molecule has 14 heavy (non-hydrogen) atoms. The lowest BCUT2D eigenvalue weighted by Gasteiger charge is -1.90. The van der Waals surface area contributed by atoms with Crippen LogP contribution in [0.25, 0.3) is 22.1 Å². The first-order valence-electron chi connectivity index (χ1n) is 4.36. The van der Waals surface area contributed by atoms with Gasteiger partial charge in [0, 0.05) is 6.07 Å². The molecule has 2 heterocycles. The standard InChI is InChI=1S/C10H6N4/c1-2-12-8-6-10-9(5-7(8)11-1)13-3-4-14-10/h1-6H/p+2. The molecule has 0 bridgehead atoms. The van der Waals surface area contributed by atoms with Crippen LogP contribution in [-0.2, 0) is 0 Å². The summed E-state index contributed by atoms with van der Waals surface area (Å²) in [4.78, 5) is 14.8. The molecule has 0 saturated carbocycles. The molecule has 0 spiro atoms. The maximum Gasteiger partial charge on any atom is 0.236 e. The first-order chi connectivity index (χ1) is 6.93. The van der Waals surface area contributed by atoms with Gasteiger partial charge in [0.15, 0.2) is 12.4 Å². The highest BCUT2D eigenvalue weighted by atomic mass is 14.8. The smallest absolute Gasteiger partial charge is 0.236 e. The van der Waals surface area contributed by atoms with Crippen LogP contribution in [0.15, 0.2) is 36.9 Å². The topological polar surface area (TPSA) is 54.1 Å². The van der Waals surface area contributed by atoms with E-state index in [0.717, 1.165) is 22.1 Å².